The summed E-state index contributed by atoms with van der Waals surface area (Å²) in [5.74, 6) is -0.0550. The lowest BCUT2D eigenvalue weighted by Gasteiger charge is -2.26. The van der Waals surface area contributed by atoms with Gasteiger partial charge in [0.25, 0.3) is 17.4 Å². The molecule has 1 aliphatic heterocycles. The largest absolute Gasteiger partial charge is 0.490 e. The van der Waals surface area contributed by atoms with E-state index in [1.165, 1.54) is 16.5 Å². The average Bonchev–Trinajstić information content (AvgIpc) is 3.80. The second kappa shape index (κ2) is 18.5. The van der Waals surface area contributed by atoms with Gasteiger partial charge in [-0.25, -0.2) is 0 Å². The number of hydrogen-bond acceptors (Lipinski definition) is 9. The van der Waals surface area contributed by atoms with Crippen molar-refractivity contribution in [2.24, 2.45) is 7.05 Å². The minimum absolute atomic E-state index is 0.00921. The van der Waals surface area contributed by atoms with Crippen LogP contribution in [0.2, 0.25) is 0 Å². The third-order valence-corrected chi connectivity index (χ3v) is 11.3. The Morgan fingerprint density at radius 2 is 1.84 bits per heavy atom. The van der Waals surface area contributed by atoms with Crippen LogP contribution < -0.4 is 25.7 Å². The number of unbranched alkanes of at least 4 members (excludes halogenated alkanes) is 2. The van der Waals surface area contributed by atoms with Crippen LogP contribution in [0.4, 0.5) is 5.69 Å². The van der Waals surface area contributed by atoms with Gasteiger partial charge >= 0.3 is 0 Å². The van der Waals surface area contributed by atoms with Crippen LogP contribution >= 0.6 is 11.9 Å². The van der Waals surface area contributed by atoms with Gasteiger partial charge in [-0.05, 0) is 86.8 Å². The van der Waals surface area contributed by atoms with Crippen molar-refractivity contribution in [2.45, 2.75) is 89.3 Å². The van der Waals surface area contributed by atoms with E-state index in [-0.39, 0.29) is 42.2 Å². The number of anilines is 1. The number of aldehydes is 2. The van der Waals surface area contributed by atoms with Gasteiger partial charge in [-0.15, -0.1) is 0 Å². The van der Waals surface area contributed by atoms with E-state index >= 15 is 0 Å². The Bertz CT molecular complexity index is 2170. The van der Waals surface area contributed by atoms with Crippen molar-refractivity contribution in [3.05, 3.63) is 80.9 Å². The Morgan fingerprint density at radius 3 is 2.57 bits per heavy atom. The van der Waals surface area contributed by atoms with Crippen LogP contribution in [0, 0.1) is 0 Å². The highest BCUT2D eigenvalue weighted by atomic mass is 32.2. The second-order valence-electron chi connectivity index (χ2n) is 14.5. The summed E-state index contributed by atoms with van der Waals surface area (Å²) in [5, 5.41) is 6.25. The molecule has 1 atom stereocenters. The molecule has 13 nitrogen and oxygen atoms in total. The maximum atomic E-state index is 13.8. The monoisotopic (exact) mass is 782 g/mol. The van der Waals surface area contributed by atoms with Gasteiger partial charge in [0, 0.05) is 68.1 Å². The number of amides is 3. The van der Waals surface area contributed by atoms with Crippen LogP contribution in [-0.4, -0.2) is 76.7 Å². The van der Waals surface area contributed by atoms with E-state index in [2.05, 4.69) is 20.3 Å². The Balaban J connectivity index is 1.14. The van der Waals surface area contributed by atoms with Crippen LogP contribution in [0.1, 0.15) is 107 Å². The first-order chi connectivity index (χ1) is 27.2. The van der Waals surface area contributed by atoms with E-state index in [4.69, 9.17) is 4.74 Å². The summed E-state index contributed by atoms with van der Waals surface area (Å²) in [6.45, 7) is 0.802. The normalized spacial score (nSPS) is 14.7. The molecule has 0 radical (unpaired) electrons. The standard InChI is InChI=1S/C42H50N6O7S/c1-43-38(51)17-16-28(25-50)48-23-34-26(12-10-15-30(34)41(48)53)11-6-5-9-18-44-40(52)33-21-37(55-29-13-7-4-8-14-29)31(20-36(33)46-56-3)35-22-47(2)42(54)39-32(35)19-27(24-49)45-39/h10,12,15,19-22,24-25,28-29,45-46H,4-9,11,13-14,16-18,23H2,1-3H3,(H,43,51)(H,44,52). The predicted molar refractivity (Wildman–Crippen MR) is 218 cm³/mol. The minimum Gasteiger partial charge on any atom is -0.490 e. The smallest absolute Gasteiger partial charge is 0.274 e. The highest BCUT2D eigenvalue weighted by Gasteiger charge is 2.34. The maximum absolute atomic E-state index is 13.8. The van der Waals surface area contributed by atoms with Gasteiger partial charge in [0.1, 0.15) is 17.6 Å². The molecule has 3 amide bonds. The van der Waals surface area contributed by atoms with Crippen LogP contribution in [0.25, 0.3) is 22.0 Å². The lowest BCUT2D eigenvalue weighted by atomic mass is 9.96. The number of fused-ring (bicyclic) bond motifs is 2. The minimum atomic E-state index is -0.665. The fraction of sp³-hybridized carbons (Fsp3) is 0.429. The summed E-state index contributed by atoms with van der Waals surface area (Å²) in [7, 11) is 3.21. The van der Waals surface area contributed by atoms with E-state index in [0.29, 0.717) is 69.7 Å². The molecule has 0 spiro atoms. The molecule has 1 fully saturated rings. The molecule has 1 aliphatic carbocycles. The zero-order chi connectivity index (χ0) is 39.8. The molecule has 1 saturated carbocycles. The fourth-order valence-corrected chi connectivity index (χ4v) is 8.19. The molecule has 2 aromatic carbocycles. The zero-order valence-electron chi connectivity index (χ0n) is 32.2. The predicted octanol–water partition coefficient (Wildman–Crippen LogP) is 5.94. The van der Waals surface area contributed by atoms with Crippen molar-refractivity contribution in [1.29, 1.82) is 0 Å². The number of nitrogens with one attached hydrogen (secondary N) is 4. The van der Waals surface area contributed by atoms with E-state index in [0.717, 1.165) is 75.2 Å². The van der Waals surface area contributed by atoms with Crippen molar-refractivity contribution < 1.29 is 28.7 Å². The summed E-state index contributed by atoms with van der Waals surface area (Å²) in [4.78, 5) is 79.9. The van der Waals surface area contributed by atoms with Gasteiger partial charge in [-0.1, -0.05) is 36.9 Å². The molecule has 0 saturated heterocycles. The van der Waals surface area contributed by atoms with Crippen LogP contribution in [-0.2, 0) is 29.6 Å². The van der Waals surface area contributed by atoms with E-state index in [1.807, 2.05) is 24.5 Å². The van der Waals surface area contributed by atoms with Gasteiger partial charge in [-0.2, -0.15) is 0 Å². The molecule has 2 aromatic heterocycles. The third kappa shape index (κ3) is 8.85. The Hall–Kier alpha value is -5.37. The number of H-pyrrole nitrogens is 1. The topological polar surface area (TPSA) is 172 Å². The molecule has 296 valence electrons. The van der Waals surface area contributed by atoms with Crippen molar-refractivity contribution in [2.75, 3.05) is 24.6 Å². The summed E-state index contributed by atoms with van der Waals surface area (Å²) in [6, 6.07) is 10.4. The van der Waals surface area contributed by atoms with E-state index in [9.17, 15) is 28.8 Å². The number of ether oxygens (including phenoxy) is 1. The zero-order valence-corrected chi connectivity index (χ0v) is 33.0. The Labute approximate surface area is 330 Å². The number of rotatable bonds is 18. The van der Waals surface area contributed by atoms with Crippen LogP contribution in [0.3, 0.4) is 0 Å². The maximum Gasteiger partial charge on any atom is 0.274 e. The first kappa shape index (κ1) is 40.3. The van der Waals surface area contributed by atoms with E-state index < -0.39 is 6.04 Å². The number of aromatic amines is 1. The molecule has 2 aliphatic rings. The van der Waals surface area contributed by atoms with Gasteiger partial charge in [0.15, 0.2) is 6.29 Å². The molecule has 1 unspecified atom stereocenters. The van der Waals surface area contributed by atoms with E-state index in [1.54, 1.807) is 43.4 Å². The van der Waals surface area contributed by atoms with Crippen LogP contribution in [0.5, 0.6) is 5.75 Å². The van der Waals surface area contributed by atoms with Crippen molar-refractivity contribution >= 4 is 58.8 Å². The molecular formula is C42H50N6O7S. The highest BCUT2D eigenvalue weighted by Crippen LogP contribution is 2.40. The number of nitrogens with zero attached hydrogens (tertiary/aromatic N) is 2. The first-order valence-electron chi connectivity index (χ1n) is 19.3. The Morgan fingerprint density at radius 1 is 1.04 bits per heavy atom. The van der Waals surface area contributed by atoms with Gasteiger partial charge in [0.05, 0.1) is 29.1 Å². The lowest BCUT2D eigenvalue weighted by molar-refractivity contribution is -0.121. The second-order valence-corrected chi connectivity index (χ2v) is 15.1. The third-order valence-electron chi connectivity index (χ3n) is 10.8. The molecule has 4 aromatic rings. The number of hydrogen-bond donors (Lipinski definition) is 4. The first-order valence-corrected chi connectivity index (χ1v) is 20.6. The number of carbonyl (C=O) groups is 5. The summed E-state index contributed by atoms with van der Waals surface area (Å²) >= 11 is 1.36. The quantitative estimate of drug-likeness (QED) is 0.0542. The SMILES string of the molecule is CNC(=O)CCC(C=O)N1Cc2c(CCCCCNC(=O)c3cc(OC4CCCCC4)c(-c4cn(C)c(=O)c5[nH]c(C=O)cc45)cc3NSC)cccc2C1=O. The number of pyridine rings is 1. The molecule has 0 bridgehead atoms. The molecular weight excluding hydrogens is 733 g/mol. The summed E-state index contributed by atoms with van der Waals surface area (Å²) in [6.07, 6.45) is 13.8. The molecule has 6 rings (SSSR count). The molecule has 4 N–H and O–H groups in total. The van der Waals surface area contributed by atoms with Crippen molar-refractivity contribution in [3.8, 4) is 16.9 Å². The number of carbonyl (C=O) groups excluding carboxylic acids is 5. The van der Waals surface area contributed by atoms with Gasteiger partial charge in [-0.3, -0.25) is 24.0 Å². The lowest BCUT2D eigenvalue weighted by Crippen LogP contribution is -2.37. The molecule has 3 heterocycles. The number of benzene rings is 2. The number of aromatic nitrogens is 2. The molecule has 56 heavy (non-hydrogen) atoms. The van der Waals surface area contributed by atoms with Crippen LogP contribution in [0.15, 0.2) is 47.4 Å². The number of aryl methyl sites for hydroxylation is 2. The summed E-state index contributed by atoms with van der Waals surface area (Å²) < 4.78 is 11.4. The average molecular weight is 783 g/mol. The fourth-order valence-electron chi connectivity index (χ4n) is 7.80. The van der Waals surface area contributed by atoms with Gasteiger partial charge < -0.3 is 39.3 Å². The molecule has 14 heteroatoms. The van der Waals surface area contributed by atoms with Crippen molar-refractivity contribution in [1.82, 2.24) is 25.1 Å². The van der Waals surface area contributed by atoms with Crippen molar-refractivity contribution in [3.63, 3.8) is 0 Å². The highest BCUT2D eigenvalue weighted by molar-refractivity contribution is 7.99. The Kier molecular flexibility index (Phi) is 13.3. The van der Waals surface area contributed by atoms with Gasteiger partial charge in [0.2, 0.25) is 5.91 Å². The summed E-state index contributed by atoms with van der Waals surface area (Å²) in [5.41, 5.74) is 5.43.